The van der Waals surface area contributed by atoms with E-state index in [-0.39, 0.29) is 5.91 Å². The van der Waals surface area contributed by atoms with Gasteiger partial charge in [-0.2, -0.15) is 0 Å². The predicted octanol–water partition coefficient (Wildman–Crippen LogP) is 2.54. The standard InChI is InChI=1S/C18H20ClN3O2/c19-15-3-1-14(2-4-15)5-7-21-18(23)17-13-16(6-8-20-17)22-9-11-24-12-10-22/h1-4,6,8,13H,5,7,9-12H2,(H,21,23). The van der Waals surface area contributed by atoms with Crippen molar-refractivity contribution >= 4 is 23.2 Å². The number of hydrogen-bond donors (Lipinski definition) is 1. The van der Waals surface area contributed by atoms with Gasteiger partial charge >= 0.3 is 0 Å². The molecule has 0 spiro atoms. The number of nitrogens with zero attached hydrogens (tertiary/aromatic N) is 2. The number of rotatable bonds is 5. The molecule has 1 saturated heterocycles. The molecule has 3 rings (SSSR count). The van der Waals surface area contributed by atoms with E-state index in [2.05, 4.69) is 15.2 Å². The molecule has 0 radical (unpaired) electrons. The Morgan fingerprint density at radius 1 is 1.21 bits per heavy atom. The molecule has 0 unspecified atom stereocenters. The van der Waals surface area contributed by atoms with Crippen LogP contribution in [0.15, 0.2) is 42.6 Å². The summed E-state index contributed by atoms with van der Waals surface area (Å²) in [5.74, 6) is -0.154. The van der Waals surface area contributed by atoms with Crippen LogP contribution in [-0.4, -0.2) is 43.7 Å². The average molecular weight is 346 g/mol. The Labute approximate surface area is 146 Å². The van der Waals surface area contributed by atoms with Crippen molar-refractivity contribution in [3.05, 3.63) is 58.9 Å². The van der Waals surface area contributed by atoms with Crippen LogP contribution in [-0.2, 0) is 11.2 Å². The first kappa shape index (κ1) is 16.7. The van der Waals surface area contributed by atoms with Crippen molar-refractivity contribution in [1.29, 1.82) is 0 Å². The predicted molar refractivity (Wildman–Crippen MR) is 94.8 cm³/mol. The molecule has 1 fully saturated rings. The van der Waals surface area contributed by atoms with Crippen molar-refractivity contribution in [2.24, 2.45) is 0 Å². The average Bonchev–Trinajstić information content (AvgIpc) is 2.64. The van der Waals surface area contributed by atoms with Gasteiger partial charge in [0.1, 0.15) is 5.69 Å². The second-order valence-corrected chi connectivity index (χ2v) is 6.07. The van der Waals surface area contributed by atoms with Gasteiger partial charge in [-0.25, -0.2) is 0 Å². The maximum Gasteiger partial charge on any atom is 0.269 e. The summed E-state index contributed by atoms with van der Waals surface area (Å²) in [6.07, 6.45) is 2.44. The van der Waals surface area contributed by atoms with Gasteiger partial charge in [0.15, 0.2) is 0 Å². The molecule has 1 aromatic heterocycles. The molecule has 0 aliphatic carbocycles. The molecule has 6 heteroatoms. The second-order valence-electron chi connectivity index (χ2n) is 5.63. The number of halogens is 1. The maximum atomic E-state index is 12.3. The fraction of sp³-hybridized carbons (Fsp3) is 0.333. The van der Waals surface area contributed by atoms with Gasteiger partial charge in [0.05, 0.1) is 13.2 Å². The van der Waals surface area contributed by atoms with E-state index in [1.54, 1.807) is 6.20 Å². The van der Waals surface area contributed by atoms with E-state index in [1.165, 1.54) is 0 Å². The summed E-state index contributed by atoms with van der Waals surface area (Å²) in [7, 11) is 0. The minimum Gasteiger partial charge on any atom is -0.378 e. The Morgan fingerprint density at radius 2 is 1.96 bits per heavy atom. The van der Waals surface area contributed by atoms with E-state index >= 15 is 0 Å². The molecule has 2 heterocycles. The topological polar surface area (TPSA) is 54.5 Å². The Kier molecular flexibility index (Phi) is 5.67. The molecule has 24 heavy (non-hydrogen) atoms. The third-order valence-electron chi connectivity index (χ3n) is 3.96. The Bertz CT molecular complexity index is 685. The molecule has 0 atom stereocenters. The van der Waals surface area contributed by atoms with E-state index in [0.29, 0.717) is 30.5 Å². The normalized spacial score (nSPS) is 14.5. The lowest BCUT2D eigenvalue weighted by atomic mass is 10.1. The van der Waals surface area contributed by atoms with Crippen LogP contribution in [0.25, 0.3) is 0 Å². The number of carbonyl (C=O) groups is 1. The van der Waals surface area contributed by atoms with Crippen LogP contribution in [0.4, 0.5) is 5.69 Å². The number of amides is 1. The van der Waals surface area contributed by atoms with E-state index in [1.807, 2.05) is 36.4 Å². The summed E-state index contributed by atoms with van der Waals surface area (Å²) >= 11 is 5.87. The molecular formula is C18H20ClN3O2. The highest BCUT2D eigenvalue weighted by molar-refractivity contribution is 6.30. The monoisotopic (exact) mass is 345 g/mol. The molecule has 1 amide bonds. The van der Waals surface area contributed by atoms with E-state index in [4.69, 9.17) is 16.3 Å². The largest absolute Gasteiger partial charge is 0.378 e. The van der Waals surface area contributed by atoms with Crippen LogP contribution in [0.5, 0.6) is 0 Å². The van der Waals surface area contributed by atoms with Gasteiger partial charge in [0, 0.05) is 36.5 Å². The van der Waals surface area contributed by atoms with Crippen LogP contribution < -0.4 is 10.2 Å². The van der Waals surface area contributed by atoms with Gasteiger partial charge < -0.3 is 15.0 Å². The van der Waals surface area contributed by atoms with Crippen molar-refractivity contribution in [3.63, 3.8) is 0 Å². The number of pyridine rings is 1. The van der Waals surface area contributed by atoms with Crippen LogP contribution in [0.2, 0.25) is 5.02 Å². The SMILES string of the molecule is O=C(NCCc1ccc(Cl)cc1)c1cc(N2CCOCC2)ccn1. The van der Waals surface area contributed by atoms with Crippen molar-refractivity contribution in [3.8, 4) is 0 Å². The van der Waals surface area contributed by atoms with Crippen molar-refractivity contribution in [1.82, 2.24) is 10.3 Å². The minimum atomic E-state index is -0.154. The fourth-order valence-electron chi connectivity index (χ4n) is 2.62. The second kappa shape index (κ2) is 8.13. The number of aromatic nitrogens is 1. The molecule has 1 aromatic carbocycles. The van der Waals surface area contributed by atoms with E-state index in [0.717, 1.165) is 30.8 Å². The van der Waals surface area contributed by atoms with Crippen LogP contribution in [0.1, 0.15) is 16.1 Å². The molecular weight excluding hydrogens is 326 g/mol. The maximum absolute atomic E-state index is 12.3. The highest BCUT2D eigenvalue weighted by Gasteiger charge is 2.14. The lowest BCUT2D eigenvalue weighted by molar-refractivity contribution is 0.0949. The number of morpholine rings is 1. The Morgan fingerprint density at radius 3 is 2.71 bits per heavy atom. The smallest absolute Gasteiger partial charge is 0.269 e. The summed E-state index contributed by atoms with van der Waals surface area (Å²) in [6, 6.07) is 11.4. The van der Waals surface area contributed by atoms with Gasteiger partial charge in [-0.3, -0.25) is 9.78 Å². The highest BCUT2D eigenvalue weighted by Crippen LogP contribution is 2.16. The summed E-state index contributed by atoms with van der Waals surface area (Å²) in [5, 5.41) is 3.63. The molecule has 2 aromatic rings. The van der Waals surface area contributed by atoms with Crippen LogP contribution >= 0.6 is 11.6 Å². The summed E-state index contributed by atoms with van der Waals surface area (Å²) in [4.78, 5) is 18.7. The first-order valence-electron chi connectivity index (χ1n) is 8.04. The Hall–Kier alpha value is -2.11. The lowest BCUT2D eigenvalue weighted by Gasteiger charge is -2.28. The zero-order valence-electron chi connectivity index (χ0n) is 13.4. The van der Waals surface area contributed by atoms with Gasteiger partial charge in [0.2, 0.25) is 0 Å². The molecule has 1 aliphatic rings. The Balaban J connectivity index is 1.55. The number of anilines is 1. The van der Waals surface area contributed by atoms with Gasteiger partial charge in [-0.05, 0) is 36.2 Å². The van der Waals surface area contributed by atoms with Crippen molar-refractivity contribution in [2.75, 3.05) is 37.7 Å². The molecule has 5 nitrogen and oxygen atoms in total. The molecule has 0 saturated carbocycles. The van der Waals surface area contributed by atoms with E-state index in [9.17, 15) is 4.79 Å². The quantitative estimate of drug-likeness (QED) is 0.904. The molecule has 1 aliphatic heterocycles. The number of nitrogens with one attached hydrogen (secondary N) is 1. The third kappa shape index (κ3) is 4.46. The first-order valence-corrected chi connectivity index (χ1v) is 8.41. The summed E-state index contributed by atoms with van der Waals surface area (Å²) in [5.41, 5.74) is 2.58. The molecule has 1 N–H and O–H groups in total. The zero-order chi connectivity index (χ0) is 16.8. The highest BCUT2D eigenvalue weighted by atomic mass is 35.5. The molecule has 0 bridgehead atoms. The number of hydrogen-bond acceptors (Lipinski definition) is 4. The summed E-state index contributed by atoms with van der Waals surface area (Å²) < 4.78 is 5.36. The zero-order valence-corrected chi connectivity index (χ0v) is 14.1. The van der Waals surface area contributed by atoms with Crippen molar-refractivity contribution < 1.29 is 9.53 Å². The number of benzene rings is 1. The van der Waals surface area contributed by atoms with Crippen molar-refractivity contribution in [2.45, 2.75) is 6.42 Å². The number of ether oxygens (including phenoxy) is 1. The van der Waals surface area contributed by atoms with E-state index < -0.39 is 0 Å². The third-order valence-corrected chi connectivity index (χ3v) is 4.22. The van der Waals surface area contributed by atoms with Crippen LogP contribution in [0, 0.1) is 0 Å². The van der Waals surface area contributed by atoms with Gasteiger partial charge in [-0.15, -0.1) is 0 Å². The fourth-order valence-corrected chi connectivity index (χ4v) is 2.75. The lowest BCUT2D eigenvalue weighted by Crippen LogP contribution is -2.36. The number of carbonyl (C=O) groups excluding carboxylic acids is 1. The first-order chi connectivity index (χ1) is 11.7. The van der Waals surface area contributed by atoms with Gasteiger partial charge in [0.25, 0.3) is 5.91 Å². The molecule has 126 valence electrons. The van der Waals surface area contributed by atoms with Crippen LogP contribution in [0.3, 0.4) is 0 Å². The minimum absolute atomic E-state index is 0.154. The summed E-state index contributed by atoms with van der Waals surface area (Å²) in [6.45, 7) is 3.66. The van der Waals surface area contributed by atoms with Gasteiger partial charge in [-0.1, -0.05) is 23.7 Å².